The van der Waals surface area contributed by atoms with Gasteiger partial charge < -0.3 is 15.0 Å². The Morgan fingerprint density at radius 1 is 1.33 bits per heavy atom. The average Bonchev–Trinajstić information content (AvgIpc) is 2.54. The summed E-state index contributed by atoms with van der Waals surface area (Å²) >= 11 is 5.63. The summed E-state index contributed by atoms with van der Waals surface area (Å²) in [5.74, 6) is 0. The van der Waals surface area contributed by atoms with Crippen molar-refractivity contribution in [2.24, 2.45) is 0 Å². The number of hydrogen-bond donors (Lipinski definition) is 1. The molecule has 1 aliphatic rings. The van der Waals surface area contributed by atoms with Crippen LogP contribution >= 0.6 is 12.2 Å². The van der Waals surface area contributed by atoms with Crippen molar-refractivity contribution in [3.8, 4) is 0 Å². The lowest BCUT2D eigenvalue weighted by molar-refractivity contribution is 0.0367. The van der Waals surface area contributed by atoms with Crippen LogP contribution in [0.2, 0.25) is 0 Å². The predicted octanol–water partition coefficient (Wildman–Crippen LogP) is 2.80. The second-order valence-corrected chi connectivity index (χ2v) is 7.21. The highest BCUT2D eigenvalue weighted by atomic mass is 32.1. The minimum absolute atomic E-state index is 0.358. The first-order valence-electron chi connectivity index (χ1n) is 8.95. The third kappa shape index (κ3) is 6.75. The molecule has 24 heavy (non-hydrogen) atoms. The van der Waals surface area contributed by atoms with E-state index in [1.807, 2.05) is 0 Å². The minimum atomic E-state index is 0.358. The van der Waals surface area contributed by atoms with Crippen LogP contribution in [-0.4, -0.2) is 60.3 Å². The topological polar surface area (TPSA) is 27.7 Å². The first-order valence-corrected chi connectivity index (χ1v) is 9.36. The lowest BCUT2D eigenvalue weighted by Gasteiger charge is -2.30. The van der Waals surface area contributed by atoms with Crippen molar-refractivity contribution >= 4 is 17.3 Å². The number of morpholine rings is 1. The number of hydrogen-bond acceptors (Lipinski definition) is 3. The van der Waals surface area contributed by atoms with E-state index in [0.717, 1.165) is 57.5 Å². The zero-order valence-electron chi connectivity index (χ0n) is 15.3. The van der Waals surface area contributed by atoms with Gasteiger partial charge in [-0.05, 0) is 45.0 Å². The Labute approximate surface area is 152 Å². The molecule has 134 valence electrons. The smallest absolute Gasteiger partial charge is 0.169 e. The molecule has 0 saturated carbocycles. The Morgan fingerprint density at radius 2 is 2.08 bits per heavy atom. The molecule has 5 heteroatoms. The summed E-state index contributed by atoms with van der Waals surface area (Å²) in [6, 6.07) is 9.04. The van der Waals surface area contributed by atoms with E-state index in [4.69, 9.17) is 17.0 Å². The molecule has 0 bridgehead atoms. The average molecular weight is 350 g/mol. The second-order valence-electron chi connectivity index (χ2n) is 6.82. The standard InChI is InChI=1S/C19H31N3OS/c1-16(2)20-19(24)22(15-18-7-4-6-17(3)14-18)9-5-8-21-10-12-23-13-11-21/h4,6-7,14,16H,5,8-13,15H2,1-3H3,(H,20,24). The lowest BCUT2D eigenvalue weighted by Crippen LogP contribution is -2.44. The van der Waals surface area contributed by atoms with Crippen molar-refractivity contribution in [3.05, 3.63) is 35.4 Å². The Morgan fingerprint density at radius 3 is 2.75 bits per heavy atom. The molecule has 1 N–H and O–H groups in total. The van der Waals surface area contributed by atoms with E-state index in [9.17, 15) is 0 Å². The molecular formula is C19H31N3OS. The van der Waals surface area contributed by atoms with Crippen molar-refractivity contribution in [1.82, 2.24) is 15.1 Å². The SMILES string of the molecule is Cc1cccc(CN(CCCN2CCOCC2)C(=S)NC(C)C)c1. The van der Waals surface area contributed by atoms with E-state index < -0.39 is 0 Å². The van der Waals surface area contributed by atoms with Crippen LogP contribution in [0.1, 0.15) is 31.4 Å². The second kappa shape index (κ2) is 9.97. The highest BCUT2D eigenvalue weighted by molar-refractivity contribution is 7.80. The molecule has 0 aliphatic carbocycles. The molecule has 2 rings (SSSR count). The largest absolute Gasteiger partial charge is 0.379 e. The number of nitrogens with one attached hydrogen (secondary N) is 1. The van der Waals surface area contributed by atoms with Gasteiger partial charge in [0.15, 0.2) is 5.11 Å². The molecule has 0 radical (unpaired) electrons. The summed E-state index contributed by atoms with van der Waals surface area (Å²) < 4.78 is 5.42. The maximum absolute atomic E-state index is 5.63. The summed E-state index contributed by atoms with van der Waals surface area (Å²) in [5, 5.41) is 4.24. The number of aryl methyl sites for hydroxylation is 1. The van der Waals surface area contributed by atoms with Gasteiger partial charge in [-0.15, -0.1) is 0 Å². The van der Waals surface area contributed by atoms with Crippen LogP contribution in [0.25, 0.3) is 0 Å². The van der Waals surface area contributed by atoms with E-state index in [2.05, 4.69) is 60.2 Å². The van der Waals surface area contributed by atoms with Crippen molar-refractivity contribution in [3.63, 3.8) is 0 Å². The monoisotopic (exact) mass is 349 g/mol. The van der Waals surface area contributed by atoms with Crippen molar-refractivity contribution in [2.75, 3.05) is 39.4 Å². The van der Waals surface area contributed by atoms with Gasteiger partial charge in [0.05, 0.1) is 13.2 Å². The number of thiocarbonyl (C=S) groups is 1. The van der Waals surface area contributed by atoms with Gasteiger partial charge in [0.1, 0.15) is 0 Å². The van der Waals surface area contributed by atoms with Gasteiger partial charge in [-0.3, -0.25) is 4.90 Å². The molecule has 1 aromatic rings. The van der Waals surface area contributed by atoms with E-state index in [1.165, 1.54) is 11.1 Å². The molecule has 0 amide bonds. The fraction of sp³-hybridized carbons (Fsp3) is 0.632. The van der Waals surface area contributed by atoms with Crippen LogP contribution in [-0.2, 0) is 11.3 Å². The lowest BCUT2D eigenvalue weighted by atomic mass is 10.1. The number of rotatable bonds is 7. The zero-order chi connectivity index (χ0) is 17.4. The Kier molecular flexibility index (Phi) is 7.95. The molecule has 0 unspecified atom stereocenters. The van der Waals surface area contributed by atoms with Crippen LogP contribution in [0.5, 0.6) is 0 Å². The maximum atomic E-state index is 5.63. The number of benzene rings is 1. The van der Waals surface area contributed by atoms with Crippen molar-refractivity contribution in [1.29, 1.82) is 0 Å². The third-order valence-corrected chi connectivity index (χ3v) is 4.54. The van der Waals surface area contributed by atoms with Gasteiger partial charge in [0.25, 0.3) is 0 Å². The highest BCUT2D eigenvalue weighted by Crippen LogP contribution is 2.09. The molecule has 1 aromatic carbocycles. The molecule has 1 aliphatic heterocycles. The summed E-state index contributed by atoms with van der Waals surface area (Å²) in [4.78, 5) is 4.78. The Balaban J connectivity index is 1.90. The van der Waals surface area contributed by atoms with Crippen LogP contribution in [0.15, 0.2) is 24.3 Å². The summed E-state index contributed by atoms with van der Waals surface area (Å²) in [6.07, 6.45) is 1.12. The van der Waals surface area contributed by atoms with E-state index in [1.54, 1.807) is 0 Å². The van der Waals surface area contributed by atoms with Crippen LogP contribution in [0.3, 0.4) is 0 Å². The fourth-order valence-electron chi connectivity index (χ4n) is 2.93. The molecule has 1 saturated heterocycles. The van der Waals surface area contributed by atoms with Gasteiger partial charge in [0, 0.05) is 38.8 Å². The normalized spacial score (nSPS) is 15.5. The zero-order valence-corrected chi connectivity index (χ0v) is 16.1. The molecule has 1 fully saturated rings. The van der Waals surface area contributed by atoms with Crippen LogP contribution < -0.4 is 5.32 Å². The first kappa shape index (κ1) is 19.2. The number of nitrogens with zero attached hydrogens (tertiary/aromatic N) is 2. The van der Waals surface area contributed by atoms with Crippen LogP contribution in [0, 0.1) is 6.92 Å². The van der Waals surface area contributed by atoms with E-state index in [0.29, 0.717) is 6.04 Å². The van der Waals surface area contributed by atoms with Crippen molar-refractivity contribution in [2.45, 2.75) is 39.8 Å². The molecule has 0 atom stereocenters. The molecule has 1 heterocycles. The van der Waals surface area contributed by atoms with E-state index in [-0.39, 0.29) is 0 Å². The molecule has 0 spiro atoms. The molecule has 4 nitrogen and oxygen atoms in total. The Hall–Kier alpha value is -1.17. The van der Waals surface area contributed by atoms with E-state index >= 15 is 0 Å². The third-order valence-electron chi connectivity index (χ3n) is 4.16. The van der Waals surface area contributed by atoms with Gasteiger partial charge in [-0.2, -0.15) is 0 Å². The van der Waals surface area contributed by atoms with Gasteiger partial charge >= 0.3 is 0 Å². The van der Waals surface area contributed by atoms with Gasteiger partial charge in [-0.25, -0.2) is 0 Å². The highest BCUT2D eigenvalue weighted by Gasteiger charge is 2.14. The fourth-order valence-corrected chi connectivity index (χ4v) is 3.32. The summed E-state index contributed by atoms with van der Waals surface area (Å²) in [7, 11) is 0. The predicted molar refractivity (Wildman–Crippen MR) is 104 cm³/mol. The summed E-state index contributed by atoms with van der Waals surface area (Å²) in [5.41, 5.74) is 2.61. The minimum Gasteiger partial charge on any atom is -0.379 e. The molecule has 0 aromatic heterocycles. The summed E-state index contributed by atoms with van der Waals surface area (Å²) in [6.45, 7) is 13.2. The molecular weight excluding hydrogens is 318 g/mol. The first-order chi connectivity index (χ1) is 11.5. The van der Waals surface area contributed by atoms with Crippen molar-refractivity contribution < 1.29 is 4.74 Å². The van der Waals surface area contributed by atoms with Crippen LogP contribution in [0.4, 0.5) is 0 Å². The number of ether oxygens (including phenoxy) is 1. The van der Waals surface area contributed by atoms with Gasteiger partial charge in [-0.1, -0.05) is 29.8 Å². The van der Waals surface area contributed by atoms with Gasteiger partial charge in [0.2, 0.25) is 0 Å². The quantitative estimate of drug-likeness (QED) is 0.764. The maximum Gasteiger partial charge on any atom is 0.169 e. The Bertz CT molecular complexity index is 515.